The molecule has 0 bridgehead atoms. The highest BCUT2D eigenvalue weighted by Gasteiger charge is 2.34. The lowest BCUT2D eigenvalue weighted by atomic mass is 10.0. The van der Waals surface area contributed by atoms with Crippen LogP contribution in [-0.2, 0) is 0 Å². The monoisotopic (exact) mass is 496 g/mol. The van der Waals surface area contributed by atoms with Gasteiger partial charge in [0.25, 0.3) is 0 Å². The number of anilines is 1. The number of hydrogen-bond acceptors (Lipinski definition) is 8. The summed E-state index contributed by atoms with van der Waals surface area (Å²) in [6.07, 6.45) is 4.54. The van der Waals surface area contributed by atoms with Crippen molar-refractivity contribution in [2.75, 3.05) is 52.4 Å². The Hall–Kier alpha value is -3.40. The average molecular weight is 497 g/mol. The summed E-state index contributed by atoms with van der Waals surface area (Å²) in [5.74, 6) is 2.35. The van der Waals surface area contributed by atoms with Crippen LogP contribution in [0.5, 0.6) is 17.2 Å². The Labute approximate surface area is 210 Å². The summed E-state index contributed by atoms with van der Waals surface area (Å²) in [4.78, 5) is 4.68. The van der Waals surface area contributed by atoms with E-state index in [1.54, 1.807) is 21.3 Å². The summed E-state index contributed by atoms with van der Waals surface area (Å²) >= 11 is 0. The maximum Gasteiger partial charge on any atom is 0.203 e. The Morgan fingerprint density at radius 3 is 2.11 bits per heavy atom. The Morgan fingerprint density at radius 2 is 1.53 bits per heavy atom. The first kappa shape index (κ1) is 24.3. The van der Waals surface area contributed by atoms with Gasteiger partial charge < -0.3 is 19.1 Å². The van der Waals surface area contributed by atoms with Crippen LogP contribution in [0.1, 0.15) is 49.2 Å². The van der Waals surface area contributed by atoms with Crippen LogP contribution in [-0.4, -0.2) is 72.6 Å². The van der Waals surface area contributed by atoms with Gasteiger partial charge in [-0.1, -0.05) is 12.8 Å². The highest BCUT2D eigenvalue weighted by atomic mass is 19.1. The van der Waals surface area contributed by atoms with Crippen molar-refractivity contribution < 1.29 is 18.6 Å². The van der Waals surface area contributed by atoms with Crippen molar-refractivity contribution >= 4 is 5.69 Å². The summed E-state index contributed by atoms with van der Waals surface area (Å²) in [6.45, 7) is 3.18. The number of aromatic nitrogens is 4. The SMILES string of the molecule is COc1cc(C(c2nnnn2C2CCCC2)N2CCN(c3ccc(F)cc3)CC2)cc(OC)c1OC. The van der Waals surface area contributed by atoms with Gasteiger partial charge in [-0.15, -0.1) is 5.10 Å². The zero-order valence-corrected chi connectivity index (χ0v) is 21.1. The molecule has 0 N–H and O–H groups in total. The van der Waals surface area contributed by atoms with Crippen molar-refractivity contribution in [3.63, 3.8) is 0 Å². The second kappa shape index (κ2) is 10.7. The summed E-state index contributed by atoms with van der Waals surface area (Å²) in [5.41, 5.74) is 2.00. The molecule has 1 saturated heterocycles. The molecule has 1 aliphatic heterocycles. The highest BCUT2D eigenvalue weighted by Crippen LogP contribution is 2.43. The minimum absolute atomic E-state index is 0.190. The molecule has 1 unspecified atom stereocenters. The van der Waals surface area contributed by atoms with E-state index in [1.807, 2.05) is 28.9 Å². The van der Waals surface area contributed by atoms with Crippen molar-refractivity contribution in [2.24, 2.45) is 0 Å². The molecule has 2 aliphatic rings. The third kappa shape index (κ3) is 4.69. The van der Waals surface area contributed by atoms with E-state index in [1.165, 1.54) is 25.0 Å². The van der Waals surface area contributed by atoms with E-state index in [2.05, 4.69) is 25.3 Å². The number of ether oxygens (including phenoxy) is 3. The lowest BCUT2D eigenvalue weighted by Crippen LogP contribution is -2.48. The van der Waals surface area contributed by atoms with Crippen molar-refractivity contribution in [2.45, 2.75) is 37.8 Å². The first-order chi connectivity index (χ1) is 17.6. The smallest absolute Gasteiger partial charge is 0.203 e. The number of nitrogens with zero attached hydrogens (tertiary/aromatic N) is 6. The zero-order chi connectivity index (χ0) is 25.1. The molecule has 0 amide bonds. The van der Waals surface area contributed by atoms with E-state index in [0.29, 0.717) is 23.3 Å². The third-order valence-electron chi connectivity index (χ3n) is 7.31. The van der Waals surface area contributed by atoms with Crippen molar-refractivity contribution in [1.29, 1.82) is 0 Å². The van der Waals surface area contributed by atoms with Crippen LogP contribution in [0, 0.1) is 5.82 Å². The molecule has 10 heteroatoms. The molecule has 2 heterocycles. The average Bonchev–Trinajstić information content (AvgIpc) is 3.61. The number of halogens is 1. The molecule has 1 saturated carbocycles. The molecule has 1 aromatic heterocycles. The molecule has 192 valence electrons. The number of rotatable bonds is 8. The number of hydrogen-bond donors (Lipinski definition) is 0. The fourth-order valence-electron chi connectivity index (χ4n) is 5.46. The first-order valence-electron chi connectivity index (χ1n) is 12.4. The van der Waals surface area contributed by atoms with Crippen LogP contribution >= 0.6 is 0 Å². The predicted molar refractivity (Wildman–Crippen MR) is 133 cm³/mol. The number of tetrazole rings is 1. The molecule has 0 spiro atoms. The lowest BCUT2D eigenvalue weighted by molar-refractivity contribution is 0.197. The molecule has 2 aromatic carbocycles. The van der Waals surface area contributed by atoms with Gasteiger partial charge in [-0.3, -0.25) is 4.90 Å². The van der Waals surface area contributed by atoms with Crippen molar-refractivity contribution in [1.82, 2.24) is 25.1 Å². The fraction of sp³-hybridized carbons (Fsp3) is 0.500. The first-order valence-corrected chi connectivity index (χ1v) is 12.4. The molecular weight excluding hydrogens is 463 g/mol. The summed E-state index contributed by atoms with van der Waals surface area (Å²) in [7, 11) is 4.85. The molecule has 1 atom stereocenters. The number of methoxy groups -OCH3 is 3. The summed E-state index contributed by atoms with van der Waals surface area (Å²) in [5, 5.41) is 13.1. The van der Waals surface area contributed by atoms with E-state index >= 15 is 0 Å². The molecular formula is C26H33FN6O3. The largest absolute Gasteiger partial charge is 0.493 e. The van der Waals surface area contributed by atoms with E-state index in [4.69, 9.17) is 14.2 Å². The number of benzene rings is 2. The van der Waals surface area contributed by atoms with E-state index in [9.17, 15) is 4.39 Å². The fourth-order valence-corrected chi connectivity index (χ4v) is 5.46. The molecule has 9 nitrogen and oxygen atoms in total. The van der Waals surface area contributed by atoms with Gasteiger partial charge in [0.2, 0.25) is 5.75 Å². The van der Waals surface area contributed by atoms with Gasteiger partial charge >= 0.3 is 0 Å². The van der Waals surface area contributed by atoms with Crippen molar-refractivity contribution in [3.8, 4) is 17.2 Å². The standard InChI is InChI=1S/C26H33FN6O3/c1-34-22-16-18(17-23(35-2)25(22)36-3)24(26-28-29-30-33(26)21-6-4-5-7-21)32-14-12-31(13-15-32)20-10-8-19(27)9-11-20/h8-11,16-17,21,24H,4-7,12-15H2,1-3H3. The topological polar surface area (TPSA) is 77.8 Å². The van der Waals surface area contributed by atoms with Gasteiger partial charge in [0.15, 0.2) is 17.3 Å². The Bertz CT molecular complexity index is 1130. The third-order valence-corrected chi connectivity index (χ3v) is 7.31. The van der Waals surface area contributed by atoms with Crippen LogP contribution in [0.3, 0.4) is 0 Å². The second-order valence-corrected chi connectivity index (χ2v) is 9.28. The van der Waals surface area contributed by atoms with Gasteiger partial charge in [-0.25, -0.2) is 9.07 Å². The van der Waals surface area contributed by atoms with Crippen LogP contribution in [0.25, 0.3) is 0 Å². The van der Waals surface area contributed by atoms with Gasteiger partial charge in [0, 0.05) is 31.9 Å². The Kier molecular flexibility index (Phi) is 7.22. The van der Waals surface area contributed by atoms with Gasteiger partial charge in [0.1, 0.15) is 5.82 Å². The van der Waals surface area contributed by atoms with E-state index in [0.717, 1.165) is 56.1 Å². The Balaban J connectivity index is 1.51. The molecule has 36 heavy (non-hydrogen) atoms. The quantitative estimate of drug-likeness (QED) is 0.465. The van der Waals surface area contributed by atoms with Gasteiger partial charge in [-0.2, -0.15) is 0 Å². The highest BCUT2D eigenvalue weighted by molar-refractivity contribution is 5.55. The summed E-state index contributed by atoms with van der Waals surface area (Å²) < 4.78 is 32.4. The van der Waals surface area contributed by atoms with Gasteiger partial charge in [-0.05, 0) is 65.2 Å². The zero-order valence-electron chi connectivity index (χ0n) is 21.1. The van der Waals surface area contributed by atoms with E-state index < -0.39 is 0 Å². The molecule has 2 fully saturated rings. The predicted octanol–water partition coefficient (Wildman–Crippen LogP) is 3.86. The Morgan fingerprint density at radius 1 is 0.889 bits per heavy atom. The molecule has 1 aliphatic carbocycles. The molecule has 0 radical (unpaired) electrons. The molecule has 3 aromatic rings. The van der Waals surface area contributed by atoms with Gasteiger partial charge in [0.05, 0.1) is 33.4 Å². The molecule has 5 rings (SSSR count). The lowest BCUT2D eigenvalue weighted by Gasteiger charge is -2.40. The summed E-state index contributed by atoms with van der Waals surface area (Å²) in [6, 6.07) is 10.8. The second-order valence-electron chi connectivity index (χ2n) is 9.28. The maximum absolute atomic E-state index is 13.4. The minimum Gasteiger partial charge on any atom is -0.493 e. The van der Waals surface area contributed by atoms with E-state index in [-0.39, 0.29) is 11.9 Å². The normalized spacial score (nSPS) is 17.8. The van der Waals surface area contributed by atoms with Crippen LogP contribution < -0.4 is 19.1 Å². The number of piperazine rings is 1. The van der Waals surface area contributed by atoms with Crippen LogP contribution in [0.2, 0.25) is 0 Å². The minimum atomic E-state index is -0.224. The van der Waals surface area contributed by atoms with Crippen molar-refractivity contribution in [3.05, 3.63) is 53.6 Å². The maximum atomic E-state index is 13.4. The van der Waals surface area contributed by atoms with Crippen LogP contribution in [0.4, 0.5) is 10.1 Å². The van der Waals surface area contributed by atoms with Crippen LogP contribution in [0.15, 0.2) is 36.4 Å².